The normalized spacial score (nSPS) is 12.8. The van der Waals surface area contributed by atoms with E-state index in [1.165, 1.54) is 17.0 Å². The summed E-state index contributed by atoms with van der Waals surface area (Å²) in [5, 5.41) is 4.37. The van der Waals surface area contributed by atoms with Crippen LogP contribution in [0.5, 0.6) is 0 Å². The molecular formula is C31H35Cl4N3O4S. The molecule has 0 saturated heterocycles. The van der Waals surface area contributed by atoms with Gasteiger partial charge in [-0.2, -0.15) is 0 Å². The highest BCUT2D eigenvalue weighted by atomic mass is 35.5. The average molecular weight is 688 g/mol. The monoisotopic (exact) mass is 685 g/mol. The Kier molecular flexibility index (Phi) is 13.0. The summed E-state index contributed by atoms with van der Waals surface area (Å²) in [6.07, 6.45) is 2.17. The highest BCUT2D eigenvalue weighted by Crippen LogP contribution is 2.31. The molecule has 3 aromatic carbocycles. The lowest BCUT2D eigenvalue weighted by Gasteiger charge is -2.33. The van der Waals surface area contributed by atoms with Crippen LogP contribution >= 0.6 is 46.4 Å². The molecule has 12 heteroatoms. The van der Waals surface area contributed by atoms with E-state index < -0.39 is 16.1 Å². The minimum atomic E-state index is -3.75. The molecule has 232 valence electrons. The van der Waals surface area contributed by atoms with Crippen LogP contribution in [0, 0.1) is 0 Å². The summed E-state index contributed by atoms with van der Waals surface area (Å²) in [6.45, 7) is 3.90. The number of halogens is 4. The van der Waals surface area contributed by atoms with Crippen molar-refractivity contribution in [3.05, 3.63) is 97.9 Å². The van der Waals surface area contributed by atoms with Gasteiger partial charge >= 0.3 is 0 Å². The second kappa shape index (κ2) is 16.0. The van der Waals surface area contributed by atoms with E-state index in [2.05, 4.69) is 5.32 Å². The molecule has 3 rings (SSSR count). The topological polar surface area (TPSA) is 86.8 Å². The fraction of sp³-hybridized carbons (Fsp3) is 0.355. The third-order valence-electron chi connectivity index (χ3n) is 6.96. The molecule has 2 atom stereocenters. The maximum absolute atomic E-state index is 14.0. The molecule has 0 saturated carbocycles. The van der Waals surface area contributed by atoms with Gasteiger partial charge in [0.25, 0.3) is 0 Å². The molecule has 2 amide bonds. The van der Waals surface area contributed by atoms with Gasteiger partial charge in [0.15, 0.2) is 0 Å². The predicted octanol–water partition coefficient (Wildman–Crippen LogP) is 7.40. The van der Waals surface area contributed by atoms with Crippen LogP contribution in [0.1, 0.15) is 44.2 Å². The SMILES string of the molecule is CC[C@H](C)NC(=O)[C@@H](Cc1ccccc1)N(Cc1ccc(Cl)cc1Cl)C(=O)CCCN(c1cc(Cl)ccc1Cl)S(C)(=O)=O. The van der Waals surface area contributed by atoms with Crippen molar-refractivity contribution in [2.24, 2.45) is 0 Å². The van der Waals surface area contributed by atoms with E-state index in [1.54, 1.807) is 24.3 Å². The van der Waals surface area contributed by atoms with Crippen molar-refractivity contribution in [1.29, 1.82) is 0 Å². The zero-order valence-electron chi connectivity index (χ0n) is 24.2. The summed E-state index contributed by atoms with van der Waals surface area (Å²) in [4.78, 5) is 29.2. The van der Waals surface area contributed by atoms with E-state index in [4.69, 9.17) is 46.4 Å². The van der Waals surface area contributed by atoms with Crippen molar-refractivity contribution in [2.75, 3.05) is 17.1 Å². The molecule has 0 bridgehead atoms. The molecule has 0 spiro atoms. The number of anilines is 1. The molecule has 0 aliphatic rings. The first kappa shape index (κ1) is 35.0. The molecule has 0 fully saturated rings. The van der Waals surface area contributed by atoms with Gasteiger partial charge in [-0.1, -0.05) is 89.7 Å². The number of sulfonamides is 1. The Morgan fingerprint density at radius 1 is 0.907 bits per heavy atom. The van der Waals surface area contributed by atoms with Gasteiger partial charge in [0.2, 0.25) is 21.8 Å². The van der Waals surface area contributed by atoms with Gasteiger partial charge < -0.3 is 10.2 Å². The second-order valence-corrected chi connectivity index (χ2v) is 13.9. The summed E-state index contributed by atoms with van der Waals surface area (Å²) >= 11 is 25.0. The summed E-state index contributed by atoms with van der Waals surface area (Å²) < 4.78 is 26.5. The van der Waals surface area contributed by atoms with Gasteiger partial charge in [-0.3, -0.25) is 13.9 Å². The lowest BCUT2D eigenvalue weighted by molar-refractivity contribution is -0.141. The van der Waals surface area contributed by atoms with Crippen LogP contribution < -0.4 is 9.62 Å². The molecular weight excluding hydrogens is 652 g/mol. The number of nitrogens with one attached hydrogen (secondary N) is 1. The minimum Gasteiger partial charge on any atom is -0.352 e. The third-order valence-corrected chi connectivity index (χ3v) is 9.28. The molecule has 0 aromatic heterocycles. The van der Waals surface area contributed by atoms with E-state index in [0.717, 1.165) is 16.1 Å². The minimum absolute atomic E-state index is 0.0252. The maximum atomic E-state index is 14.0. The Morgan fingerprint density at radius 3 is 2.19 bits per heavy atom. The maximum Gasteiger partial charge on any atom is 0.243 e. The number of carbonyl (C=O) groups is 2. The van der Waals surface area contributed by atoms with Gasteiger partial charge in [0.1, 0.15) is 6.04 Å². The van der Waals surface area contributed by atoms with Gasteiger partial charge in [-0.25, -0.2) is 8.42 Å². The number of hydrogen-bond donors (Lipinski definition) is 1. The van der Waals surface area contributed by atoms with Crippen molar-refractivity contribution >= 4 is 73.9 Å². The average Bonchev–Trinajstić information content (AvgIpc) is 2.95. The van der Waals surface area contributed by atoms with E-state index in [9.17, 15) is 18.0 Å². The Morgan fingerprint density at radius 2 is 1.56 bits per heavy atom. The van der Waals surface area contributed by atoms with E-state index in [1.807, 2.05) is 44.2 Å². The van der Waals surface area contributed by atoms with E-state index in [0.29, 0.717) is 27.1 Å². The molecule has 7 nitrogen and oxygen atoms in total. The van der Waals surface area contributed by atoms with Crippen LogP contribution in [-0.2, 0) is 32.6 Å². The molecule has 0 unspecified atom stereocenters. The quantitative estimate of drug-likeness (QED) is 0.192. The third kappa shape index (κ3) is 10.3. The molecule has 0 heterocycles. The summed E-state index contributed by atoms with van der Waals surface area (Å²) in [5.41, 5.74) is 1.73. The lowest BCUT2D eigenvalue weighted by atomic mass is 10.0. The Bertz CT molecular complexity index is 1520. The highest BCUT2D eigenvalue weighted by molar-refractivity contribution is 7.92. The molecule has 0 radical (unpaired) electrons. The Labute approximate surface area is 274 Å². The second-order valence-electron chi connectivity index (χ2n) is 10.3. The lowest BCUT2D eigenvalue weighted by Crippen LogP contribution is -2.52. The largest absolute Gasteiger partial charge is 0.352 e. The van der Waals surface area contributed by atoms with Gasteiger partial charge in [0.05, 0.1) is 17.0 Å². The molecule has 1 N–H and O–H groups in total. The molecule has 43 heavy (non-hydrogen) atoms. The zero-order valence-corrected chi connectivity index (χ0v) is 28.0. The predicted molar refractivity (Wildman–Crippen MR) is 177 cm³/mol. The first-order valence-electron chi connectivity index (χ1n) is 13.8. The first-order chi connectivity index (χ1) is 20.3. The van der Waals surface area contributed by atoms with Crippen LogP contribution in [0.3, 0.4) is 0 Å². The number of amides is 2. The van der Waals surface area contributed by atoms with Crippen molar-refractivity contribution in [3.8, 4) is 0 Å². The summed E-state index contributed by atoms with van der Waals surface area (Å²) in [6, 6.07) is 18.0. The van der Waals surface area contributed by atoms with Crippen molar-refractivity contribution in [2.45, 2.75) is 58.2 Å². The smallest absolute Gasteiger partial charge is 0.243 e. The number of rotatable bonds is 14. The van der Waals surface area contributed by atoms with E-state index in [-0.39, 0.29) is 60.9 Å². The van der Waals surface area contributed by atoms with Crippen LogP contribution in [0.2, 0.25) is 20.1 Å². The van der Waals surface area contributed by atoms with Gasteiger partial charge in [-0.05, 0) is 61.2 Å². The fourth-order valence-electron chi connectivity index (χ4n) is 4.49. The highest BCUT2D eigenvalue weighted by Gasteiger charge is 2.31. The molecule has 0 aliphatic heterocycles. The molecule has 3 aromatic rings. The fourth-order valence-corrected chi connectivity index (χ4v) is 6.36. The van der Waals surface area contributed by atoms with Gasteiger partial charge in [0, 0.05) is 47.0 Å². The van der Waals surface area contributed by atoms with Crippen LogP contribution in [0.15, 0.2) is 66.7 Å². The summed E-state index contributed by atoms with van der Waals surface area (Å²) in [7, 11) is -3.75. The number of nitrogens with zero attached hydrogens (tertiary/aromatic N) is 2. The van der Waals surface area contributed by atoms with Crippen molar-refractivity contribution in [3.63, 3.8) is 0 Å². The first-order valence-corrected chi connectivity index (χ1v) is 17.2. The Hall–Kier alpha value is -2.49. The van der Waals surface area contributed by atoms with Gasteiger partial charge in [-0.15, -0.1) is 0 Å². The van der Waals surface area contributed by atoms with Crippen molar-refractivity contribution in [1.82, 2.24) is 10.2 Å². The zero-order chi connectivity index (χ0) is 31.7. The number of carbonyl (C=O) groups excluding carboxylic acids is 2. The van der Waals surface area contributed by atoms with E-state index >= 15 is 0 Å². The number of hydrogen-bond acceptors (Lipinski definition) is 4. The Balaban J connectivity index is 1.94. The molecule has 0 aliphatic carbocycles. The summed E-state index contributed by atoms with van der Waals surface area (Å²) in [5.74, 6) is -0.628. The standard InChI is InChI=1S/C31H35Cl4N3O4S/c1-4-21(2)36-31(40)29(17-22-9-6-5-7-10-22)37(20-23-12-13-24(32)18-27(23)35)30(39)11-8-16-38(43(3,41)42)28-19-25(33)14-15-26(28)34/h5-7,9-10,12-15,18-19,21,29H,4,8,11,16-17,20H2,1-3H3,(H,36,40)/t21-,29+/m0/s1. The van der Waals surface area contributed by atoms with Crippen molar-refractivity contribution < 1.29 is 18.0 Å². The van der Waals surface area contributed by atoms with Crippen LogP contribution in [0.25, 0.3) is 0 Å². The van der Waals surface area contributed by atoms with Crippen LogP contribution in [0.4, 0.5) is 5.69 Å². The van der Waals surface area contributed by atoms with Crippen LogP contribution in [-0.4, -0.2) is 50.0 Å². The number of benzene rings is 3.